The maximum absolute atomic E-state index is 10.9. The zero-order chi connectivity index (χ0) is 16.3. The molecule has 0 radical (unpaired) electrons. The molecule has 2 rings (SSSR count). The lowest BCUT2D eigenvalue weighted by Crippen LogP contribution is -2.08. The van der Waals surface area contributed by atoms with Crippen LogP contribution in [-0.2, 0) is 4.79 Å². The van der Waals surface area contributed by atoms with Crippen molar-refractivity contribution in [2.24, 2.45) is 5.41 Å². The van der Waals surface area contributed by atoms with Gasteiger partial charge in [-0.25, -0.2) is 0 Å². The van der Waals surface area contributed by atoms with Crippen molar-refractivity contribution in [1.82, 2.24) is 0 Å². The number of carbonyl (C=O) groups excluding carboxylic acids is 1. The molecule has 0 fully saturated rings. The van der Waals surface area contributed by atoms with Crippen molar-refractivity contribution in [3.63, 3.8) is 0 Å². The molecule has 0 aromatic rings. The summed E-state index contributed by atoms with van der Waals surface area (Å²) in [4.78, 5) is 10.9. The lowest BCUT2D eigenvalue weighted by molar-refractivity contribution is -0.105. The van der Waals surface area contributed by atoms with Crippen molar-refractivity contribution in [2.75, 3.05) is 0 Å². The van der Waals surface area contributed by atoms with Crippen molar-refractivity contribution < 1.29 is 4.79 Å². The second kappa shape index (κ2) is 6.64. The second-order valence-electron chi connectivity index (χ2n) is 7.28. The van der Waals surface area contributed by atoms with Crippen molar-refractivity contribution in [3.8, 4) is 0 Å². The van der Waals surface area contributed by atoms with Gasteiger partial charge in [0.05, 0.1) is 0 Å². The van der Waals surface area contributed by atoms with E-state index in [2.05, 4.69) is 58.9 Å². The first-order chi connectivity index (χ1) is 10.3. The zero-order valence-electron chi connectivity index (χ0n) is 14.6. The van der Waals surface area contributed by atoms with E-state index in [4.69, 9.17) is 0 Å². The second-order valence-corrected chi connectivity index (χ2v) is 7.28. The topological polar surface area (TPSA) is 17.1 Å². The Labute approximate surface area is 135 Å². The molecule has 0 bridgehead atoms. The van der Waals surface area contributed by atoms with Gasteiger partial charge < -0.3 is 0 Å². The van der Waals surface area contributed by atoms with Crippen LogP contribution in [0.3, 0.4) is 0 Å². The number of hydrogen-bond donors (Lipinski definition) is 0. The molecule has 0 aromatic heterocycles. The maximum atomic E-state index is 10.9. The Bertz CT molecular complexity index is 618. The molecular weight excluding hydrogens is 268 g/mol. The van der Waals surface area contributed by atoms with Crippen LogP contribution in [0.25, 0.3) is 0 Å². The molecule has 0 heterocycles. The molecule has 0 N–H and O–H groups in total. The van der Waals surface area contributed by atoms with Gasteiger partial charge in [-0.3, -0.25) is 4.79 Å². The summed E-state index contributed by atoms with van der Waals surface area (Å²) in [6.07, 6.45) is 14.2. The van der Waals surface area contributed by atoms with Crippen molar-refractivity contribution in [3.05, 3.63) is 57.7 Å². The van der Waals surface area contributed by atoms with Gasteiger partial charge in [0, 0.05) is 0 Å². The third-order valence-electron chi connectivity index (χ3n) is 5.14. The van der Waals surface area contributed by atoms with Crippen LogP contribution in [0.2, 0.25) is 0 Å². The number of aldehydes is 1. The van der Waals surface area contributed by atoms with Crippen molar-refractivity contribution in [1.29, 1.82) is 0 Å². The van der Waals surface area contributed by atoms with Gasteiger partial charge in [-0.15, -0.1) is 0 Å². The monoisotopic (exact) mass is 296 g/mol. The quantitative estimate of drug-likeness (QED) is 0.469. The van der Waals surface area contributed by atoms with E-state index >= 15 is 0 Å². The van der Waals surface area contributed by atoms with Gasteiger partial charge >= 0.3 is 0 Å². The molecule has 0 aliphatic heterocycles. The minimum Gasteiger partial charge on any atom is -0.298 e. The van der Waals surface area contributed by atoms with E-state index in [1.165, 1.54) is 40.7 Å². The number of hydrogen-bond acceptors (Lipinski definition) is 1. The Kier molecular flexibility index (Phi) is 5.05. The van der Waals surface area contributed by atoms with Crippen LogP contribution >= 0.6 is 0 Å². The van der Waals surface area contributed by atoms with Crippen LogP contribution < -0.4 is 0 Å². The minimum atomic E-state index is 0.309. The molecule has 0 spiro atoms. The number of rotatable bonds is 4. The van der Waals surface area contributed by atoms with Gasteiger partial charge in [0.1, 0.15) is 6.29 Å². The molecule has 1 heteroatoms. The highest BCUT2D eigenvalue weighted by Crippen LogP contribution is 2.42. The fourth-order valence-corrected chi connectivity index (χ4v) is 3.42. The highest BCUT2D eigenvalue weighted by molar-refractivity contribution is 5.78. The fourth-order valence-electron chi connectivity index (χ4n) is 3.42. The van der Waals surface area contributed by atoms with Gasteiger partial charge in [0.2, 0.25) is 0 Å². The largest absolute Gasteiger partial charge is 0.298 e. The predicted octanol–water partition coefficient (Wildman–Crippen LogP) is 5.86. The third-order valence-corrected chi connectivity index (χ3v) is 5.14. The van der Waals surface area contributed by atoms with Crippen LogP contribution in [-0.4, -0.2) is 6.29 Å². The summed E-state index contributed by atoms with van der Waals surface area (Å²) < 4.78 is 0. The predicted molar refractivity (Wildman–Crippen MR) is 94.7 cm³/mol. The first kappa shape index (κ1) is 16.7. The van der Waals surface area contributed by atoms with E-state index in [9.17, 15) is 4.79 Å². The van der Waals surface area contributed by atoms with Crippen molar-refractivity contribution in [2.45, 2.75) is 60.3 Å². The smallest absolute Gasteiger partial charge is 0.146 e. The summed E-state index contributed by atoms with van der Waals surface area (Å²) in [6.45, 7) is 11.1. The van der Waals surface area contributed by atoms with Gasteiger partial charge in [-0.1, -0.05) is 49.3 Å². The number of allylic oxidation sites excluding steroid dienone is 10. The molecule has 0 amide bonds. The van der Waals surface area contributed by atoms with E-state index in [1.54, 1.807) is 0 Å². The highest BCUT2D eigenvalue weighted by Gasteiger charge is 2.28. The molecule has 0 aromatic carbocycles. The minimum absolute atomic E-state index is 0.309. The van der Waals surface area contributed by atoms with E-state index in [1.807, 2.05) is 0 Å². The molecule has 0 saturated carbocycles. The first-order valence-corrected chi connectivity index (χ1v) is 8.26. The molecule has 2 aliphatic carbocycles. The molecule has 0 atom stereocenters. The van der Waals surface area contributed by atoms with Crippen LogP contribution in [0.15, 0.2) is 57.7 Å². The average molecular weight is 296 g/mol. The maximum Gasteiger partial charge on any atom is 0.146 e. The summed E-state index contributed by atoms with van der Waals surface area (Å²) >= 11 is 0. The molecule has 0 saturated heterocycles. The van der Waals surface area contributed by atoms with Gasteiger partial charge in [-0.2, -0.15) is 0 Å². The van der Waals surface area contributed by atoms with Crippen LogP contribution in [0.4, 0.5) is 0 Å². The standard InChI is InChI=1S/C21H28O/c1-15(6-8-18-9-10-19(14-22)17(18)3)7-11-20-16(2)12-13-21(20,4)5/h6-8,11,14H,9-10,12-13H2,1-5H3/b11-7+,15-6+,18-8+. The summed E-state index contributed by atoms with van der Waals surface area (Å²) in [5, 5.41) is 0. The van der Waals surface area contributed by atoms with E-state index in [0.29, 0.717) is 5.41 Å². The summed E-state index contributed by atoms with van der Waals surface area (Å²) in [6, 6.07) is 0. The van der Waals surface area contributed by atoms with Gasteiger partial charge in [0.15, 0.2) is 0 Å². The molecule has 2 aliphatic rings. The first-order valence-electron chi connectivity index (χ1n) is 8.26. The van der Waals surface area contributed by atoms with E-state index in [0.717, 1.165) is 24.7 Å². The molecule has 118 valence electrons. The highest BCUT2D eigenvalue weighted by atomic mass is 16.1. The Morgan fingerprint density at radius 1 is 1.14 bits per heavy atom. The van der Waals surface area contributed by atoms with Crippen LogP contribution in [0.5, 0.6) is 0 Å². The Balaban J connectivity index is 2.12. The zero-order valence-corrected chi connectivity index (χ0v) is 14.6. The van der Waals surface area contributed by atoms with Crippen LogP contribution in [0.1, 0.15) is 60.3 Å². The van der Waals surface area contributed by atoms with E-state index in [-0.39, 0.29) is 0 Å². The Morgan fingerprint density at radius 3 is 2.41 bits per heavy atom. The van der Waals surface area contributed by atoms with Gasteiger partial charge in [-0.05, 0) is 74.2 Å². The summed E-state index contributed by atoms with van der Waals surface area (Å²) in [7, 11) is 0. The Morgan fingerprint density at radius 2 is 1.86 bits per heavy atom. The summed E-state index contributed by atoms with van der Waals surface area (Å²) in [5.41, 5.74) is 8.00. The van der Waals surface area contributed by atoms with Crippen molar-refractivity contribution >= 4 is 6.29 Å². The van der Waals surface area contributed by atoms with E-state index < -0.39 is 0 Å². The Hall–Kier alpha value is -1.63. The molecular formula is C21H28O. The fraction of sp³-hybridized carbons (Fsp3) is 0.476. The lowest BCUT2D eigenvalue weighted by Gasteiger charge is -2.20. The third kappa shape index (κ3) is 3.58. The molecule has 22 heavy (non-hydrogen) atoms. The normalized spacial score (nSPS) is 24.2. The lowest BCUT2D eigenvalue weighted by atomic mass is 9.85. The van der Waals surface area contributed by atoms with Gasteiger partial charge in [0.25, 0.3) is 0 Å². The molecule has 0 unspecified atom stereocenters. The average Bonchev–Trinajstić information content (AvgIpc) is 2.95. The van der Waals surface area contributed by atoms with Crippen LogP contribution in [0, 0.1) is 5.41 Å². The molecule has 1 nitrogen and oxygen atoms in total. The SMILES string of the molecule is CC1=C(/C=C/C(C)=C/C=C2\CCC(C=O)=C2C)C(C)(C)CC1. The number of carbonyl (C=O) groups is 1. The summed E-state index contributed by atoms with van der Waals surface area (Å²) in [5.74, 6) is 0.